The Morgan fingerprint density at radius 1 is 1.12 bits per heavy atom. The summed E-state index contributed by atoms with van der Waals surface area (Å²) in [5, 5.41) is 0.889. The Morgan fingerprint density at radius 2 is 1.53 bits per heavy atom. The van der Waals surface area contributed by atoms with Crippen molar-refractivity contribution in [2.24, 2.45) is 5.41 Å². The summed E-state index contributed by atoms with van der Waals surface area (Å²) in [5.41, 5.74) is -6.06. The van der Waals surface area contributed by atoms with Gasteiger partial charge >= 0.3 is 18.1 Å². The predicted octanol–water partition coefficient (Wildman–Crippen LogP) is 1.98. The second kappa shape index (κ2) is 3.50. The van der Waals surface area contributed by atoms with Gasteiger partial charge in [0.25, 0.3) is 0 Å². The monoisotopic (exact) mass is 265 g/mol. The van der Waals surface area contributed by atoms with Crippen LogP contribution in [0.4, 0.5) is 26.3 Å². The number of halogens is 6. The van der Waals surface area contributed by atoms with E-state index in [1.807, 2.05) is 0 Å². The van der Waals surface area contributed by atoms with E-state index in [9.17, 15) is 31.1 Å². The summed E-state index contributed by atoms with van der Waals surface area (Å²) in [4.78, 5) is 11.2. The molecule has 1 saturated heterocycles. The number of amides is 1. The standard InChI is InChI=1S/C8H9F6NO2/c1-5(2)3-17-6(7(9,10)11,8(12,13)14)15-4(5)16/h3H2,1-2H3,(H,15,16). The zero-order valence-electron chi connectivity index (χ0n) is 8.79. The topological polar surface area (TPSA) is 38.3 Å². The molecule has 0 aromatic heterocycles. The maximum Gasteiger partial charge on any atom is 0.446 e. The maximum atomic E-state index is 12.5. The Bertz CT molecular complexity index is 318. The number of hydrogen-bond acceptors (Lipinski definition) is 2. The normalized spacial score (nSPS) is 24.4. The van der Waals surface area contributed by atoms with Gasteiger partial charge in [0.2, 0.25) is 5.91 Å². The average Bonchev–Trinajstić information content (AvgIpc) is 2.05. The summed E-state index contributed by atoms with van der Waals surface area (Å²) in [6.45, 7) is 1.38. The first-order valence-electron chi connectivity index (χ1n) is 4.43. The van der Waals surface area contributed by atoms with Gasteiger partial charge in [-0.05, 0) is 13.8 Å². The lowest BCUT2D eigenvalue weighted by Crippen LogP contribution is -2.74. The number of carbonyl (C=O) groups excluding carboxylic acids is 1. The van der Waals surface area contributed by atoms with Gasteiger partial charge < -0.3 is 10.1 Å². The number of ether oxygens (including phenoxy) is 1. The summed E-state index contributed by atoms with van der Waals surface area (Å²) in [6, 6.07) is 0. The Kier molecular flexibility index (Phi) is 2.90. The highest BCUT2D eigenvalue weighted by molar-refractivity contribution is 5.83. The van der Waals surface area contributed by atoms with Gasteiger partial charge in [0.1, 0.15) is 0 Å². The third-order valence-electron chi connectivity index (χ3n) is 2.35. The molecule has 17 heavy (non-hydrogen) atoms. The summed E-state index contributed by atoms with van der Waals surface area (Å²) >= 11 is 0. The van der Waals surface area contributed by atoms with Gasteiger partial charge in [-0.2, -0.15) is 26.3 Å². The second-order valence-corrected chi connectivity index (χ2v) is 4.30. The molecule has 0 spiro atoms. The highest BCUT2D eigenvalue weighted by Crippen LogP contribution is 2.46. The lowest BCUT2D eigenvalue weighted by Gasteiger charge is -2.44. The van der Waals surface area contributed by atoms with Crippen LogP contribution in [0.15, 0.2) is 0 Å². The molecule has 3 nitrogen and oxygen atoms in total. The number of rotatable bonds is 0. The van der Waals surface area contributed by atoms with Crippen molar-refractivity contribution in [2.45, 2.75) is 31.9 Å². The molecule has 9 heteroatoms. The van der Waals surface area contributed by atoms with Gasteiger partial charge in [0, 0.05) is 0 Å². The van der Waals surface area contributed by atoms with Gasteiger partial charge in [-0.1, -0.05) is 0 Å². The Morgan fingerprint density at radius 3 is 1.82 bits per heavy atom. The molecule has 0 aromatic rings. The summed E-state index contributed by atoms with van der Waals surface area (Å²) in [7, 11) is 0. The zero-order valence-corrected chi connectivity index (χ0v) is 8.79. The second-order valence-electron chi connectivity index (χ2n) is 4.30. The van der Waals surface area contributed by atoms with E-state index in [2.05, 4.69) is 4.74 Å². The van der Waals surface area contributed by atoms with Crippen molar-refractivity contribution in [2.75, 3.05) is 6.61 Å². The van der Waals surface area contributed by atoms with Crippen molar-refractivity contribution in [3.63, 3.8) is 0 Å². The van der Waals surface area contributed by atoms with Crippen LogP contribution in [0.1, 0.15) is 13.8 Å². The van der Waals surface area contributed by atoms with E-state index in [0.29, 0.717) is 0 Å². The van der Waals surface area contributed by atoms with Gasteiger partial charge in [-0.25, -0.2) is 0 Å². The van der Waals surface area contributed by atoms with Crippen molar-refractivity contribution >= 4 is 5.91 Å². The summed E-state index contributed by atoms with van der Waals surface area (Å²) in [6.07, 6.45) is -11.6. The van der Waals surface area contributed by atoms with E-state index in [1.165, 1.54) is 13.8 Å². The van der Waals surface area contributed by atoms with Crippen molar-refractivity contribution < 1.29 is 35.9 Å². The van der Waals surface area contributed by atoms with Crippen molar-refractivity contribution in [3.05, 3.63) is 0 Å². The Hall–Kier alpha value is -0.990. The number of alkyl halides is 6. The molecule has 1 heterocycles. The van der Waals surface area contributed by atoms with E-state index in [4.69, 9.17) is 0 Å². The first-order valence-corrected chi connectivity index (χ1v) is 4.43. The van der Waals surface area contributed by atoms with Gasteiger partial charge in [0.15, 0.2) is 0 Å². The third kappa shape index (κ3) is 2.07. The van der Waals surface area contributed by atoms with Crippen LogP contribution >= 0.6 is 0 Å². The molecular formula is C8H9F6NO2. The van der Waals surface area contributed by atoms with Crippen LogP contribution in [0, 0.1) is 5.41 Å². The van der Waals surface area contributed by atoms with Crippen molar-refractivity contribution in [3.8, 4) is 0 Å². The fourth-order valence-electron chi connectivity index (χ4n) is 1.19. The molecule has 1 rings (SSSR count). The number of carbonyl (C=O) groups is 1. The highest BCUT2D eigenvalue weighted by Gasteiger charge is 2.75. The van der Waals surface area contributed by atoms with Gasteiger partial charge in [-0.15, -0.1) is 0 Å². The zero-order chi connectivity index (χ0) is 13.7. The minimum absolute atomic E-state index is 0.889. The van der Waals surface area contributed by atoms with Crippen LogP contribution in [-0.2, 0) is 9.53 Å². The molecule has 1 aliphatic rings. The third-order valence-corrected chi connectivity index (χ3v) is 2.35. The minimum atomic E-state index is -5.78. The maximum absolute atomic E-state index is 12.5. The predicted molar refractivity (Wildman–Crippen MR) is 42.7 cm³/mol. The molecule has 1 fully saturated rings. The largest absolute Gasteiger partial charge is 0.446 e. The first-order chi connectivity index (χ1) is 7.33. The molecular weight excluding hydrogens is 256 g/mol. The molecule has 100 valence electrons. The van der Waals surface area contributed by atoms with Crippen LogP contribution in [0.25, 0.3) is 0 Å². The van der Waals surface area contributed by atoms with E-state index in [-0.39, 0.29) is 0 Å². The summed E-state index contributed by atoms with van der Waals surface area (Å²) in [5.74, 6) is -1.36. The Balaban J connectivity index is 3.19. The quantitative estimate of drug-likeness (QED) is 0.680. The lowest BCUT2D eigenvalue weighted by molar-refractivity contribution is -0.399. The average molecular weight is 265 g/mol. The van der Waals surface area contributed by atoms with Crippen molar-refractivity contribution in [1.29, 1.82) is 0 Å². The van der Waals surface area contributed by atoms with Gasteiger partial charge in [0.05, 0.1) is 12.0 Å². The van der Waals surface area contributed by atoms with E-state index in [1.54, 1.807) is 0 Å². The lowest BCUT2D eigenvalue weighted by atomic mass is 9.90. The molecule has 1 amide bonds. The fourth-order valence-corrected chi connectivity index (χ4v) is 1.19. The summed E-state index contributed by atoms with van der Waals surface area (Å²) < 4.78 is 78.6. The molecule has 0 bridgehead atoms. The fraction of sp³-hybridized carbons (Fsp3) is 0.875. The molecule has 0 atom stereocenters. The molecule has 1 aliphatic heterocycles. The number of hydrogen-bond donors (Lipinski definition) is 1. The van der Waals surface area contributed by atoms with Crippen LogP contribution in [0.2, 0.25) is 0 Å². The van der Waals surface area contributed by atoms with Crippen LogP contribution in [0.5, 0.6) is 0 Å². The van der Waals surface area contributed by atoms with Crippen molar-refractivity contribution in [1.82, 2.24) is 5.32 Å². The van der Waals surface area contributed by atoms with E-state index >= 15 is 0 Å². The SMILES string of the molecule is CC1(C)COC(C(F)(F)F)(C(F)(F)F)NC1=O. The molecule has 0 aromatic carbocycles. The molecule has 1 N–H and O–H groups in total. The minimum Gasteiger partial charge on any atom is -0.339 e. The van der Waals surface area contributed by atoms with Gasteiger partial charge in [-0.3, -0.25) is 4.79 Å². The molecule has 0 saturated carbocycles. The molecule has 0 aliphatic carbocycles. The smallest absolute Gasteiger partial charge is 0.339 e. The first kappa shape index (κ1) is 14.1. The van der Waals surface area contributed by atoms with Crippen LogP contribution in [-0.4, -0.2) is 30.6 Å². The molecule has 0 unspecified atom stereocenters. The highest BCUT2D eigenvalue weighted by atomic mass is 19.4. The van der Waals surface area contributed by atoms with E-state index < -0.39 is 36.0 Å². The Labute approximate surface area is 92.1 Å². The number of nitrogens with one attached hydrogen (secondary N) is 1. The van der Waals surface area contributed by atoms with Crippen LogP contribution in [0.3, 0.4) is 0 Å². The van der Waals surface area contributed by atoms with E-state index in [0.717, 1.165) is 5.32 Å². The molecule has 0 radical (unpaired) electrons. The van der Waals surface area contributed by atoms with Crippen LogP contribution < -0.4 is 5.32 Å².